The highest BCUT2D eigenvalue weighted by molar-refractivity contribution is 5.80. The minimum atomic E-state index is 0.823. The molecule has 1 rings (SSSR count). The zero-order valence-corrected chi connectivity index (χ0v) is 8.76. The quantitative estimate of drug-likeness (QED) is 0.527. The van der Waals surface area contributed by atoms with Gasteiger partial charge in [0.05, 0.1) is 5.84 Å². The topological polar surface area (TPSA) is 38.4 Å². The van der Waals surface area contributed by atoms with E-state index in [1.807, 2.05) is 0 Å². The van der Waals surface area contributed by atoms with Gasteiger partial charge >= 0.3 is 0 Å². The van der Waals surface area contributed by atoms with Crippen LogP contribution in [0.15, 0.2) is 4.99 Å². The van der Waals surface area contributed by atoms with Gasteiger partial charge in [-0.3, -0.25) is 4.99 Å². The first-order chi connectivity index (χ1) is 6.33. The van der Waals surface area contributed by atoms with Crippen LogP contribution in [0.1, 0.15) is 51.9 Å². The molecule has 1 fully saturated rings. The zero-order valence-electron chi connectivity index (χ0n) is 8.76. The fraction of sp³-hybridized carbons (Fsp3) is 0.909. The van der Waals surface area contributed by atoms with E-state index in [4.69, 9.17) is 5.73 Å². The number of hydrogen-bond donors (Lipinski definition) is 1. The van der Waals surface area contributed by atoms with E-state index in [0.717, 1.165) is 31.1 Å². The lowest BCUT2D eigenvalue weighted by atomic mass is 9.89. The van der Waals surface area contributed by atoms with Crippen molar-refractivity contribution in [1.29, 1.82) is 0 Å². The molecule has 0 bridgehead atoms. The Hall–Kier alpha value is -0.530. The lowest BCUT2D eigenvalue weighted by molar-refractivity contribution is 0.367. The maximum Gasteiger partial charge on any atom is 0.0937 e. The second-order valence-electron chi connectivity index (χ2n) is 4.09. The molecule has 1 aliphatic carbocycles. The lowest BCUT2D eigenvalue weighted by Gasteiger charge is -2.19. The molecule has 0 aliphatic heterocycles. The van der Waals surface area contributed by atoms with Crippen molar-refractivity contribution in [1.82, 2.24) is 0 Å². The molecule has 1 saturated carbocycles. The Balaban J connectivity index is 2.19. The van der Waals surface area contributed by atoms with Crippen molar-refractivity contribution in [3.63, 3.8) is 0 Å². The van der Waals surface area contributed by atoms with Gasteiger partial charge in [0.15, 0.2) is 0 Å². The van der Waals surface area contributed by atoms with Crippen LogP contribution in [0.25, 0.3) is 0 Å². The van der Waals surface area contributed by atoms with E-state index in [1.165, 1.54) is 32.1 Å². The molecule has 76 valence electrons. The molecule has 0 aromatic carbocycles. The normalized spacial score (nSPS) is 20.5. The number of hydrogen-bond acceptors (Lipinski definition) is 1. The largest absolute Gasteiger partial charge is 0.387 e. The lowest BCUT2D eigenvalue weighted by Crippen LogP contribution is -2.15. The van der Waals surface area contributed by atoms with Gasteiger partial charge in [-0.1, -0.05) is 26.2 Å². The van der Waals surface area contributed by atoms with Crippen molar-refractivity contribution in [2.24, 2.45) is 16.6 Å². The first-order valence-electron chi connectivity index (χ1n) is 5.61. The molecule has 13 heavy (non-hydrogen) atoms. The maximum absolute atomic E-state index is 5.75. The molecule has 0 aromatic rings. The van der Waals surface area contributed by atoms with Crippen molar-refractivity contribution >= 4 is 5.84 Å². The molecule has 0 spiro atoms. The van der Waals surface area contributed by atoms with E-state index < -0.39 is 0 Å². The summed E-state index contributed by atoms with van der Waals surface area (Å²) in [6, 6.07) is 0. The highest BCUT2D eigenvalue weighted by Gasteiger charge is 2.12. The summed E-state index contributed by atoms with van der Waals surface area (Å²) in [7, 11) is 0. The smallest absolute Gasteiger partial charge is 0.0937 e. The molecule has 1 aliphatic rings. The third kappa shape index (κ3) is 4.30. The molecule has 2 heteroatoms. The second kappa shape index (κ2) is 6.01. The molecular formula is C11H22N2. The van der Waals surface area contributed by atoms with E-state index >= 15 is 0 Å². The minimum absolute atomic E-state index is 0.823. The van der Waals surface area contributed by atoms with E-state index in [-0.39, 0.29) is 0 Å². The van der Waals surface area contributed by atoms with Gasteiger partial charge in [0.1, 0.15) is 0 Å². The van der Waals surface area contributed by atoms with Crippen molar-refractivity contribution < 1.29 is 0 Å². The summed E-state index contributed by atoms with van der Waals surface area (Å²) >= 11 is 0. The molecule has 0 aromatic heterocycles. The van der Waals surface area contributed by atoms with Crippen LogP contribution < -0.4 is 5.73 Å². The molecule has 2 N–H and O–H groups in total. The van der Waals surface area contributed by atoms with E-state index in [0.29, 0.717) is 0 Å². The van der Waals surface area contributed by atoms with E-state index in [2.05, 4.69) is 11.9 Å². The Kier molecular flexibility index (Phi) is 4.87. The number of nitrogens with zero attached hydrogens (tertiary/aromatic N) is 1. The predicted octanol–water partition coefficient (Wildman–Crippen LogP) is 2.72. The van der Waals surface area contributed by atoms with Crippen LogP contribution in [-0.4, -0.2) is 12.4 Å². The van der Waals surface area contributed by atoms with Gasteiger partial charge in [0.25, 0.3) is 0 Å². The van der Waals surface area contributed by atoms with Gasteiger partial charge in [-0.15, -0.1) is 0 Å². The van der Waals surface area contributed by atoms with Crippen LogP contribution in [-0.2, 0) is 0 Å². The highest BCUT2D eigenvalue weighted by Crippen LogP contribution is 2.23. The number of nitrogens with two attached hydrogens (primary N) is 1. The number of aliphatic imine (C=N–C) groups is 1. The van der Waals surface area contributed by atoms with Crippen LogP contribution in [0, 0.1) is 5.92 Å². The Morgan fingerprint density at radius 1 is 1.31 bits per heavy atom. The summed E-state index contributed by atoms with van der Waals surface area (Å²) in [5.74, 6) is 1.68. The summed E-state index contributed by atoms with van der Waals surface area (Å²) in [6.45, 7) is 3.12. The molecule has 0 amide bonds. The number of rotatable bonds is 4. The Labute approximate surface area is 81.6 Å². The average Bonchev–Trinajstić information content (AvgIpc) is 2.17. The third-order valence-electron chi connectivity index (χ3n) is 2.78. The highest BCUT2D eigenvalue weighted by atomic mass is 14.8. The van der Waals surface area contributed by atoms with Crippen molar-refractivity contribution in [3.8, 4) is 0 Å². The molecule has 0 unspecified atom stereocenters. The van der Waals surface area contributed by atoms with Gasteiger partial charge in [-0.05, 0) is 25.2 Å². The van der Waals surface area contributed by atoms with E-state index in [1.54, 1.807) is 0 Å². The summed E-state index contributed by atoms with van der Waals surface area (Å²) in [5, 5.41) is 0. The van der Waals surface area contributed by atoms with Crippen LogP contribution in [0.4, 0.5) is 0 Å². The first-order valence-corrected chi connectivity index (χ1v) is 5.61. The van der Waals surface area contributed by atoms with E-state index in [9.17, 15) is 0 Å². The van der Waals surface area contributed by atoms with Crippen molar-refractivity contribution in [2.45, 2.75) is 51.9 Å². The molecule has 0 radical (unpaired) electrons. The first kappa shape index (κ1) is 10.6. The van der Waals surface area contributed by atoms with Gasteiger partial charge < -0.3 is 5.73 Å². The Bertz CT molecular complexity index is 157. The van der Waals surface area contributed by atoms with Crippen molar-refractivity contribution in [3.05, 3.63) is 0 Å². The Morgan fingerprint density at radius 2 is 2.00 bits per heavy atom. The fourth-order valence-electron chi connectivity index (χ4n) is 1.95. The molecular weight excluding hydrogens is 160 g/mol. The van der Waals surface area contributed by atoms with Crippen LogP contribution in [0.2, 0.25) is 0 Å². The monoisotopic (exact) mass is 182 g/mol. The standard InChI is InChI=1S/C11H22N2/c1-2-6-11(12)13-9-10-7-4-3-5-8-10/h10H,2-9H2,1H3,(H2,12,13). The minimum Gasteiger partial charge on any atom is -0.387 e. The maximum atomic E-state index is 5.75. The molecule has 0 atom stereocenters. The van der Waals surface area contributed by atoms with Gasteiger partial charge in [0, 0.05) is 13.0 Å². The fourth-order valence-corrected chi connectivity index (χ4v) is 1.95. The average molecular weight is 182 g/mol. The molecule has 0 heterocycles. The number of amidine groups is 1. The van der Waals surface area contributed by atoms with Crippen LogP contribution in [0.3, 0.4) is 0 Å². The molecule has 2 nitrogen and oxygen atoms in total. The Morgan fingerprint density at radius 3 is 2.62 bits per heavy atom. The second-order valence-corrected chi connectivity index (χ2v) is 4.09. The summed E-state index contributed by atoms with van der Waals surface area (Å²) < 4.78 is 0. The summed E-state index contributed by atoms with van der Waals surface area (Å²) in [5.41, 5.74) is 5.75. The summed E-state index contributed by atoms with van der Waals surface area (Å²) in [6.07, 6.45) is 9.02. The zero-order chi connectivity index (χ0) is 9.52. The summed E-state index contributed by atoms with van der Waals surface area (Å²) in [4.78, 5) is 4.43. The predicted molar refractivity (Wildman–Crippen MR) is 58.0 cm³/mol. The van der Waals surface area contributed by atoms with Crippen molar-refractivity contribution in [2.75, 3.05) is 6.54 Å². The van der Waals surface area contributed by atoms with Gasteiger partial charge in [-0.2, -0.15) is 0 Å². The van der Waals surface area contributed by atoms with Gasteiger partial charge in [-0.25, -0.2) is 0 Å². The third-order valence-corrected chi connectivity index (χ3v) is 2.78. The van der Waals surface area contributed by atoms with Crippen LogP contribution in [0.5, 0.6) is 0 Å². The van der Waals surface area contributed by atoms with Crippen LogP contribution >= 0.6 is 0 Å². The SMILES string of the molecule is CCCC(N)=NCC1CCCCC1. The van der Waals surface area contributed by atoms with Gasteiger partial charge in [0.2, 0.25) is 0 Å². The molecule has 0 saturated heterocycles.